The van der Waals surface area contributed by atoms with Gasteiger partial charge in [-0.05, 0) is 26.7 Å². The first-order chi connectivity index (χ1) is 8.41. The standard InChI is InChI=1S/C12H22N4OS/c1-12(2,10(13)18)16-7-5-15(6-8-16)11(17)14-9-3-4-9/h9H,3-8H2,1-2H3,(H2,13,18)(H,14,17). The molecule has 5 nitrogen and oxygen atoms in total. The van der Waals surface area contributed by atoms with Crippen molar-refractivity contribution in [2.45, 2.75) is 38.3 Å². The van der Waals surface area contributed by atoms with Crippen LogP contribution in [0.25, 0.3) is 0 Å². The number of amides is 2. The number of nitrogens with zero attached hydrogens (tertiary/aromatic N) is 2. The van der Waals surface area contributed by atoms with Gasteiger partial charge in [0.2, 0.25) is 0 Å². The van der Waals surface area contributed by atoms with Crippen LogP contribution in [0.15, 0.2) is 0 Å². The summed E-state index contributed by atoms with van der Waals surface area (Å²) >= 11 is 5.10. The highest BCUT2D eigenvalue weighted by Crippen LogP contribution is 2.20. The van der Waals surface area contributed by atoms with E-state index in [4.69, 9.17) is 18.0 Å². The maximum Gasteiger partial charge on any atom is 0.317 e. The summed E-state index contributed by atoms with van der Waals surface area (Å²) in [5.41, 5.74) is 5.50. The van der Waals surface area contributed by atoms with E-state index in [2.05, 4.69) is 10.2 Å². The Morgan fingerprint density at radius 3 is 2.28 bits per heavy atom. The van der Waals surface area contributed by atoms with E-state index in [1.807, 2.05) is 18.7 Å². The highest BCUT2D eigenvalue weighted by Gasteiger charge is 2.34. The van der Waals surface area contributed by atoms with Gasteiger partial charge in [0, 0.05) is 32.2 Å². The van der Waals surface area contributed by atoms with Crippen molar-refractivity contribution < 1.29 is 4.79 Å². The van der Waals surface area contributed by atoms with Crippen molar-refractivity contribution in [2.24, 2.45) is 5.73 Å². The zero-order valence-electron chi connectivity index (χ0n) is 11.1. The number of carbonyl (C=O) groups is 1. The maximum atomic E-state index is 11.9. The number of nitrogens with two attached hydrogens (primary N) is 1. The third kappa shape index (κ3) is 2.92. The molecule has 1 saturated carbocycles. The number of urea groups is 1. The summed E-state index contributed by atoms with van der Waals surface area (Å²) in [4.78, 5) is 16.5. The van der Waals surface area contributed by atoms with Gasteiger partial charge >= 0.3 is 6.03 Å². The van der Waals surface area contributed by atoms with Crippen molar-refractivity contribution in [1.29, 1.82) is 0 Å². The number of hydrogen-bond acceptors (Lipinski definition) is 3. The molecule has 0 radical (unpaired) electrons. The molecule has 0 bridgehead atoms. The molecular weight excluding hydrogens is 248 g/mol. The Hall–Kier alpha value is -0.880. The highest BCUT2D eigenvalue weighted by molar-refractivity contribution is 7.80. The van der Waals surface area contributed by atoms with Crippen molar-refractivity contribution in [1.82, 2.24) is 15.1 Å². The van der Waals surface area contributed by atoms with Gasteiger partial charge in [-0.1, -0.05) is 12.2 Å². The Morgan fingerprint density at radius 2 is 1.83 bits per heavy atom. The Bertz CT molecular complexity index is 346. The number of piperazine rings is 1. The summed E-state index contributed by atoms with van der Waals surface area (Å²) in [6, 6.07) is 0.494. The number of thiocarbonyl (C=S) groups is 1. The molecule has 2 rings (SSSR count). The number of rotatable bonds is 3. The quantitative estimate of drug-likeness (QED) is 0.735. The smallest absolute Gasteiger partial charge is 0.317 e. The molecular formula is C12H22N4OS. The summed E-state index contributed by atoms with van der Waals surface area (Å²) in [5.74, 6) is 0. The van der Waals surface area contributed by atoms with Crippen LogP contribution in [0.4, 0.5) is 4.79 Å². The first kappa shape index (κ1) is 13.5. The van der Waals surface area contributed by atoms with Crippen LogP contribution in [0.2, 0.25) is 0 Å². The fraction of sp³-hybridized carbons (Fsp3) is 0.833. The lowest BCUT2D eigenvalue weighted by molar-refractivity contribution is 0.0981. The molecule has 3 N–H and O–H groups in total. The molecule has 0 aromatic rings. The van der Waals surface area contributed by atoms with Crippen LogP contribution >= 0.6 is 12.2 Å². The molecule has 0 spiro atoms. The van der Waals surface area contributed by atoms with Crippen molar-refractivity contribution in [2.75, 3.05) is 26.2 Å². The molecule has 102 valence electrons. The molecule has 1 heterocycles. The maximum absolute atomic E-state index is 11.9. The monoisotopic (exact) mass is 270 g/mol. The third-order valence-electron chi connectivity index (χ3n) is 3.87. The van der Waals surface area contributed by atoms with E-state index >= 15 is 0 Å². The predicted molar refractivity (Wildman–Crippen MR) is 75.6 cm³/mol. The van der Waals surface area contributed by atoms with Gasteiger partial charge in [-0.15, -0.1) is 0 Å². The molecule has 2 aliphatic rings. The van der Waals surface area contributed by atoms with Crippen LogP contribution in [-0.2, 0) is 0 Å². The average molecular weight is 270 g/mol. The molecule has 0 unspecified atom stereocenters. The minimum Gasteiger partial charge on any atom is -0.392 e. The molecule has 0 aromatic heterocycles. The number of hydrogen-bond donors (Lipinski definition) is 2. The van der Waals surface area contributed by atoms with Crippen LogP contribution in [0.3, 0.4) is 0 Å². The van der Waals surface area contributed by atoms with E-state index in [1.54, 1.807) is 0 Å². The van der Waals surface area contributed by atoms with E-state index in [-0.39, 0.29) is 11.6 Å². The van der Waals surface area contributed by atoms with Gasteiger partial charge in [0.25, 0.3) is 0 Å². The van der Waals surface area contributed by atoms with E-state index in [0.29, 0.717) is 11.0 Å². The number of nitrogens with one attached hydrogen (secondary N) is 1. The fourth-order valence-corrected chi connectivity index (χ4v) is 2.25. The second-order valence-electron chi connectivity index (χ2n) is 5.62. The van der Waals surface area contributed by atoms with Crippen molar-refractivity contribution in [3.8, 4) is 0 Å². The second-order valence-corrected chi connectivity index (χ2v) is 6.06. The zero-order chi connectivity index (χ0) is 13.3. The summed E-state index contributed by atoms with van der Waals surface area (Å²) in [6.45, 7) is 7.20. The number of carbonyl (C=O) groups excluding carboxylic acids is 1. The lowest BCUT2D eigenvalue weighted by Gasteiger charge is -2.43. The Morgan fingerprint density at radius 1 is 1.28 bits per heavy atom. The van der Waals surface area contributed by atoms with E-state index < -0.39 is 0 Å². The van der Waals surface area contributed by atoms with E-state index in [9.17, 15) is 4.79 Å². The van der Waals surface area contributed by atoms with E-state index in [1.165, 1.54) is 0 Å². The molecule has 2 amide bonds. The van der Waals surface area contributed by atoms with Gasteiger partial charge < -0.3 is 16.0 Å². The van der Waals surface area contributed by atoms with Gasteiger partial charge in [-0.25, -0.2) is 4.79 Å². The summed E-state index contributed by atoms with van der Waals surface area (Å²) in [7, 11) is 0. The molecule has 0 aromatic carbocycles. The molecule has 1 aliphatic carbocycles. The summed E-state index contributed by atoms with van der Waals surface area (Å²) in [6.07, 6.45) is 2.25. The van der Waals surface area contributed by atoms with E-state index in [0.717, 1.165) is 39.0 Å². The van der Waals surface area contributed by atoms with Crippen molar-refractivity contribution in [3.05, 3.63) is 0 Å². The van der Waals surface area contributed by atoms with Crippen molar-refractivity contribution in [3.63, 3.8) is 0 Å². The molecule has 1 saturated heterocycles. The largest absolute Gasteiger partial charge is 0.392 e. The molecule has 18 heavy (non-hydrogen) atoms. The zero-order valence-corrected chi connectivity index (χ0v) is 11.9. The summed E-state index contributed by atoms with van der Waals surface area (Å²) < 4.78 is 0. The minimum atomic E-state index is -0.269. The van der Waals surface area contributed by atoms with Crippen LogP contribution in [-0.4, -0.2) is 58.6 Å². The van der Waals surface area contributed by atoms with Crippen LogP contribution in [0.1, 0.15) is 26.7 Å². The SMILES string of the molecule is CC(C)(C(N)=S)N1CCN(C(=O)NC2CC2)CC1. The first-order valence-electron chi connectivity index (χ1n) is 6.51. The second kappa shape index (κ2) is 5.01. The van der Waals surface area contributed by atoms with Gasteiger partial charge in [0.15, 0.2) is 0 Å². The average Bonchev–Trinajstić information content (AvgIpc) is 3.13. The van der Waals surface area contributed by atoms with Gasteiger partial charge in [0.05, 0.1) is 10.5 Å². The lowest BCUT2D eigenvalue weighted by Crippen LogP contribution is -2.60. The Kier molecular flexibility index (Phi) is 3.77. The topological polar surface area (TPSA) is 61.6 Å². The van der Waals surface area contributed by atoms with Crippen LogP contribution < -0.4 is 11.1 Å². The molecule has 0 atom stereocenters. The van der Waals surface area contributed by atoms with Crippen molar-refractivity contribution >= 4 is 23.2 Å². The van der Waals surface area contributed by atoms with Gasteiger partial charge in [-0.3, -0.25) is 4.90 Å². The molecule has 1 aliphatic heterocycles. The molecule has 2 fully saturated rings. The fourth-order valence-electron chi connectivity index (χ4n) is 2.12. The minimum absolute atomic E-state index is 0.0743. The Balaban J connectivity index is 1.83. The molecule has 6 heteroatoms. The van der Waals surface area contributed by atoms with Gasteiger partial charge in [-0.2, -0.15) is 0 Å². The van der Waals surface area contributed by atoms with Gasteiger partial charge in [0.1, 0.15) is 0 Å². The lowest BCUT2D eigenvalue weighted by atomic mass is 10.0. The normalized spacial score (nSPS) is 21.8. The summed E-state index contributed by atoms with van der Waals surface area (Å²) in [5, 5.41) is 3.02. The third-order valence-corrected chi connectivity index (χ3v) is 4.36. The highest BCUT2D eigenvalue weighted by atomic mass is 32.1. The van der Waals surface area contributed by atoms with Crippen LogP contribution in [0.5, 0.6) is 0 Å². The first-order valence-corrected chi connectivity index (χ1v) is 6.92. The predicted octanol–water partition coefficient (Wildman–Crippen LogP) is 0.541. The van der Waals surface area contributed by atoms with Crippen LogP contribution in [0, 0.1) is 0 Å². The Labute approximate surface area is 114 Å².